The Morgan fingerprint density at radius 2 is 1.94 bits per heavy atom. The van der Waals surface area contributed by atoms with Crippen molar-refractivity contribution in [3.63, 3.8) is 0 Å². The lowest BCUT2D eigenvalue weighted by Gasteiger charge is -2.02. The molecule has 0 radical (unpaired) electrons. The average molecular weight is 237 g/mol. The first-order valence-corrected chi connectivity index (χ1v) is 6.31. The van der Waals surface area contributed by atoms with Gasteiger partial charge in [0.25, 0.3) is 0 Å². The van der Waals surface area contributed by atoms with Crippen LogP contribution in [-0.2, 0) is 11.2 Å². The molecule has 1 saturated carbocycles. The lowest BCUT2D eigenvalue weighted by atomic mass is 10.0. The zero-order valence-corrected chi connectivity index (χ0v) is 10.5. The molecule has 1 aliphatic carbocycles. The normalized spacial score (nSPS) is 27.8. The van der Waals surface area contributed by atoms with Gasteiger partial charge in [0.05, 0.1) is 0 Å². The van der Waals surface area contributed by atoms with Crippen LogP contribution in [0.25, 0.3) is 0 Å². The molecular weight excluding hydrogens is 220 g/mol. The van der Waals surface area contributed by atoms with Gasteiger partial charge in [0, 0.05) is 5.92 Å². The number of benzene rings is 1. The van der Waals surface area contributed by atoms with Gasteiger partial charge < -0.3 is 0 Å². The number of carbonyl (C=O) groups excluding carboxylic acids is 1. The van der Waals surface area contributed by atoms with Crippen molar-refractivity contribution in [1.82, 2.24) is 0 Å². The van der Waals surface area contributed by atoms with Gasteiger partial charge in [0.1, 0.15) is 0 Å². The summed E-state index contributed by atoms with van der Waals surface area (Å²) in [5.41, 5.74) is 2.62. The van der Waals surface area contributed by atoms with Gasteiger partial charge in [-0.1, -0.05) is 44.5 Å². The first kappa shape index (κ1) is 11.7. The number of hydrogen-bond donors (Lipinski definition) is 0. The quantitative estimate of drug-likeness (QED) is 0.728. The largest absolute Gasteiger partial charge is 0.281 e. The van der Waals surface area contributed by atoms with Crippen molar-refractivity contribution in [2.75, 3.05) is 0 Å². The molecule has 86 valence electrons. The Labute approximate surface area is 102 Å². The maximum absolute atomic E-state index is 11.1. The summed E-state index contributed by atoms with van der Waals surface area (Å²) >= 11 is 5.56. The van der Waals surface area contributed by atoms with E-state index < -0.39 is 0 Å². The molecule has 0 bridgehead atoms. The van der Waals surface area contributed by atoms with Crippen LogP contribution >= 0.6 is 11.6 Å². The van der Waals surface area contributed by atoms with Crippen molar-refractivity contribution in [3.05, 3.63) is 35.4 Å². The maximum Gasteiger partial charge on any atom is 0.225 e. The fourth-order valence-corrected chi connectivity index (χ4v) is 2.85. The summed E-state index contributed by atoms with van der Waals surface area (Å²) in [4.78, 5) is 11.1. The number of hydrogen-bond acceptors (Lipinski definition) is 1. The van der Waals surface area contributed by atoms with Crippen LogP contribution in [0.2, 0.25) is 0 Å². The van der Waals surface area contributed by atoms with Crippen LogP contribution < -0.4 is 0 Å². The monoisotopic (exact) mass is 236 g/mol. The summed E-state index contributed by atoms with van der Waals surface area (Å²) in [5.74, 6) is 0.793. The van der Waals surface area contributed by atoms with Gasteiger partial charge in [0.15, 0.2) is 0 Å². The van der Waals surface area contributed by atoms with Crippen molar-refractivity contribution in [2.24, 2.45) is 11.8 Å². The van der Waals surface area contributed by atoms with E-state index in [9.17, 15) is 4.79 Å². The van der Waals surface area contributed by atoms with E-state index in [0.29, 0.717) is 11.8 Å². The molecular formula is C14H17ClO. The smallest absolute Gasteiger partial charge is 0.225 e. The molecule has 2 rings (SSSR count). The van der Waals surface area contributed by atoms with Crippen molar-refractivity contribution in [1.29, 1.82) is 0 Å². The molecule has 3 unspecified atom stereocenters. The van der Waals surface area contributed by atoms with E-state index in [4.69, 9.17) is 11.6 Å². The van der Waals surface area contributed by atoms with E-state index in [1.54, 1.807) is 0 Å². The van der Waals surface area contributed by atoms with Crippen LogP contribution in [0, 0.1) is 11.8 Å². The van der Waals surface area contributed by atoms with Crippen molar-refractivity contribution in [2.45, 2.75) is 32.6 Å². The number of aryl methyl sites for hydroxylation is 1. The second-order valence-corrected chi connectivity index (χ2v) is 5.08. The first-order chi connectivity index (χ1) is 7.65. The Morgan fingerprint density at radius 3 is 2.38 bits per heavy atom. The zero-order valence-electron chi connectivity index (χ0n) is 9.74. The van der Waals surface area contributed by atoms with Crippen LogP contribution in [0.1, 0.15) is 37.3 Å². The van der Waals surface area contributed by atoms with Crippen LogP contribution in [0.15, 0.2) is 24.3 Å². The van der Waals surface area contributed by atoms with Crippen molar-refractivity contribution < 1.29 is 4.79 Å². The lowest BCUT2D eigenvalue weighted by Crippen LogP contribution is -1.92. The zero-order chi connectivity index (χ0) is 11.7. The van der Waals surface area contributed by atoms with Gasteiger partial charge in [-0.25, -0.2) is 0 Å². The van der Waals surface area contributed by atoms with Gasteiger partial charge in [0.2, 0.25) is 5.24 Å². The Balaban J connectivity index is 2.09. The van der Waals surface area contributed by atoms with Crippen LogP contribution in [-0.4, -0.2) is 5.24 Å². The minimum absolute atomic E-state index is 0.0405. The minimum Gasteiger partial charge on any atom is -0.281 e. The summed E-state index contributed by atoms with van der Waals surface area (Å²) in [6.07, 6.45) is 2.29. The molecule has 1 aromatic rings. The Hall–Kier alpha value is -0.820. The third-order valence-corrected chi connectivity index (χ3v) is 3.80. The molecule has 0 amide bonds. The Bertz CT molecular complexity index is 382. The average Bonchev–Trinajstić information content (AvgIpc) is 2.92. The van der Waals surface area contributed by atoms with Gasteiger partial charge in [-0.2, -0.15) is 0 Å². The molecule has 1 aliphatic rings. The Kier molecular flexibility index (Phi) is 3.34. The van der Waals surface area contributed by atoms with Crippen LogP contribution in [0.5, 0.6) is 0 Å². The molecule has 0 saturated heterocycles. The van der Waals surface area contributed by atoms with Gasteiger partial charge in [-0.3, -0.25) is 4.79 Å². The molecule has 16 heavy (non-hydrogen) atoms. The van der Waals surface area contributed by atoms with E-state index in [-0.39, 0.29) is 11.2 Å². The number of carbonyl (C=O) groups is 1. The summed E-state index contributed by atoms with van der Waals surface area (Å²) in [7, 11) is 0. The van der Waals surface area contributed by atoms with E-state index in [1.165, 1.54) is 17.5 Å². The molecule has 0 aliphatic heterocycles. The molecule has 0 spiro atoms. The third kappa shape index (κ3) is 2.15. The predicted octanol–water partition coefficient (Wildman–Crippen LogP) is 3.75. The fraction of sp³-hybridized carbons (Fsp3) is 0.500. The summed E-state index contributed by atoms with van der Waals surface area (Å²) < 4.78 is 0. The van der Waals surface area contributed by atoms with Crippen molar-refractivity contribution in [3.8, 4) is 0 Å². The van der Waals surface area contributed by atoms with E-state index in [1.807, 2.05) is 0 Å². The standard InChI is InChI=1S/C14H17ClO/c1-3-4-10-5-7-11(8-6-10)12-9(2)13(12)14(15)16/h5-9,12-13H,3-4H2,1-2H3. The summed E-state index contributed by atoms with van der Waals surface area (Å²) in [6, 6.07) is 8.62. The lowest BCUT2D eigenvalue weighted by molar-refractivity contribution is -0.113. The predicted molar refractivity (Wildman–Crippen MR) is 66.7 cm³/mol. The highest BCUT2D eigenvalue weighted by Gasteiger charge is 2.51. The van der Waals surface area contributed by atoms with Gasteiger partial charge in [-0.05, 0) is 41.0 Å². The highest BCUT2D eigenvalue weighted by atomic mass is 35.5. The number of halogens is 1. The minimum atomic E-state index is -0.185. The SMILES string of the molecule is CCCc1ccc(C2C(C)C2C(=O)Cl)cc1. The molecule has 1 aromatic carbocycles. The Morgan fingerprint density at radius 1 is 1.31 bits per heavy atom. The molecule has 1 nitrogen and oxygen atoms in total. The first-order valence-electron chi connectivity index (χ1n) is 5.93. The molecule has 0 aromatic heterocycles. The molecule has 2 heteroatoms. The van der Waals surface area contributed by atoms with E-state index in [2.05, 4.69) is 38.1 Å². The van der Waals surface area contributed by atoms with Crippen molar-refractivity contribution >= 4 is 16.8 Å². The highest BCUT2D eigenvalue weighted by Crippen LogP contribution is 2.54. The number of rotatable bonds is 4. The molecule has 3 atom stereocenters. The second kappa shape index (κ2) is 4.58. The molecule has 1 fully saturated rings. The fourth-order valence-electron chi connectivity index (χ4n) is 2.52. The van der Waals surface area contributed by atoms with Gasteiger partial charge in [-0.15, -0.1) is 0 Å². The highest BCUT2D eigenvalue weighted by molar-refractivity contribution is 6.64. The molecule has 0 heterocycles. The topological polar surface area (TPSA) is 17.1 Å². The molecule has 0 N–H and O–H groups in total. The maximum atomic E-state index is 11.1. The van der Waals surface area contributed by atoms with Crippen LogP contribution in [0.3, 0.4) is 0 Å². The summed E-state index contributed by atoms with van der Waals surface area (Å²) in [6.45, 7) is 4.27. The summed E-state index contributed by atoms with van der Waals surface area (Å²) in [5, 5.41) is -0.185. The van der Waals surface area contributed by atoms with Gasteiger partial charge >= 0.3 is 0 Å². The van der Waals surface area contributed by atoms with E-state index >= 15 is 0 Å². The van der Waals surface area contributed by atoms with Crippen LogP contribution in [0.4, 0.5) is 0 Å². The second-order valence-electron chi connectivity index (χ2n) is 4.71. The van der Waals surface area contributed by atoms with E-state index in [0.717, 1.165) is 6.42 Å². The third-order valence-electron chi connectivity index (χ3n) is 3.54.